The van der Waals surface area contributed by atoms with E-state index < -0.39 is 11.9 Å². The minimum Gasteiger partial charge on any atom is -0.376 e. The molecule has 0 radical (unpaired) electrons. The number of nitrogens with zero attached hydrogens (tertiary/aromatic N) is 2. The normalized spacial score (nSPS) is 14.2. The SMILES string of the molecule is O=C(NCCn1nc(C(F)(F)F)c2c1CCOC2)c1ccccc1Br. The zero-order chi connectivity index (χ0) is 18.0. The third kappa shape index (κ3) is 3.87. The molecule has 1 aliphatic heterocycles. The molecule has 0 fully saturated rings. The monoisotopic (exact) mass is 417 g/mol. The largest absolute Gasteiger partial charge is 0.435 e. The van der Waals surface area contributed by atoms with Crippen LogP contribution in [-0.2, 0) is 30.5 Å². The molecule has 0 aliphatic carbocycles. The summed E-state index contributed by atoms with van der Waals surface area (Å²) in [4.78, 5) is 12.1. The number of benzene rings is 1. The number of rotatable bonds is 4. The van der Waals surface area contributed by atoms with E-state index in [1.165, 1.54) is 4.68 Å². The van der Waals surface area contributed by atoms with Gasteiger partial charge in [0, 0.05) is 28.7 Å². The summed E-state index contributed by atoms with van der Waals surface area (Å²) in [5, 5.41) is 6.40. The number of ether oxygens (including phenoxy) is 1. The molecule has 0 saturated carbocycles. The molecule has 0 bridgehead atoms. The number of aromatic nitrogens is 2. The Kier molecular flexibility index (Phi) is 5.14. The van der Waals surface area contributed by atoms with E-state index in [1.54, 1.807) is 24.3 Å². The molecular weight excluding hydrogens is 403 g/mol. The molecule has 0 unspecified atom stereocenters. The zero-order valence-corrected chi connectivity index (χ0v) is 14.7. The van der Waals surface area contributed by atoms with Crippen molar-refractivity contribution in [3.8, 4) is 0 Å². The highest BCUT2D eigenvalue weighted by atomic mass is 79.9. The molecule has 25 heavy (non-hydrogen) atoms. The molecule has 1 aromatic carbocycles. The molecular formula is C16H15BrF3N3O2. The fraction of sp³-hybridized carbons (Fsp3) is 0.375. The number of amides is 1. The van der Waals surface area contributed by atoms with Crippen LogP contribution in [0.5, 0.6) is 0 Å². The smallest absolute Gasteiger partial charge is 0.376 e. The van der Waals surface area contributed by atoms with Gasteiger partial charge < -0.3 is 10.1 Å². The van der Waals surface area contributed by atoms with E-state index in [1.807, 2.05) is 0 Å². The standard InChI is InChI=1S/C16H15BrF3N3O2/c17-12-4-2-1-3-10(12)15(24)21-6-7-23-13-5-8-25-9-11(13)14(22-23)16(18,19)20/h1-4H,5-9H2,(H,21,24). The molecule has 2 heterocycles. The quantitative estimate of drug-likeness (QED) is 0.830. The van der Waals surface area contributed by atoms with E-state index in [4.69, 9.17) is 4.74 Å². The lowest BCUT2D eigenvalue weighted by Crippen LogP contribution is -2.28. The van der Waals surface area contributed by atoms with Gasteiger partial charge in [0.1, 0.15) is 0 Å². The van der Waals surface area contributed by atoms with Crippen molar-refractivity contribution in [2.45, 2.75) is 25.7 Å². The lowest BCUT2D eigenvalue weighted by atomic mass is 10.1. The number of halogens is 4. The summed E-state index contributed by atoms with van der Waals surface area (Å²) in [5.41, 5.74) is 0.179. The van der Waals surface area contributed by atoms with Crippen molar-refractivity contribution in [2.75, 3.05) is 13.2 Å². The molecule has 1 N–H and O–H groups in total. The van der Waals surface area contributed by atoms with Crippen LogP contribution in [0.3, 0.4) is 0 Å². The van der Waals surface area contributed by atoms with Crippen LogP contribution < -0.4 is 5.32 Å². The van der Waals surface area contributed by atoms with E-state index >= 15 is 0 Å². The second-order valence-electron chi connectivity index (χ2n) is 5.53. The Morgan fingerprint density at radius 1 is 1.36 bits per heavy atom. The predicted molar refractivity (Wildman–Crippen MR) is 87.1 cm³/mol. The van der Waals surface area contributed by atoms with E-state index in [2.05, 4.69) is 26.3 Å². The van der Waals surface area contributed by atoms with E-state index in [0.29, 0.717) is 28.8 Å². The van der Waals surface area contributed by atoms with Crippen LogP contribution in [0.1, 0.15) is 27.3 Å². The zero-order valence-electron chi connectivity index (χ0n) is 13.1. The number of nitrogens with one attached hydrogen (secondary N) is 1. The summed E-state index contributed by atoms with van der Waals surface area (Å²) in [6.45, 7) is 0.605. The van der Waals surface area contributed by atoms with E-state index in [9.17, 15) is 18.0 Å². The molecule has 2 aromatic rings. The molecule has 0 saturated heterocycles. The highest BCUT2D eigenvalue weighted by Crippen LogP contribution is 2.34. The number of hydrogen-bond donors (Lipinski definition) is 1. The average Bonchev–Trinajstić information content (AvgIpc) is 2.94. The van der Waals surface area contributed by atoms with Crippen molar-refractivity contribution in [3.63, 3.8) is 0 Å². The number of carbonyl (C=O) groups is 1. The van der Waals surface area contributed by atoms with Crippen molar-refractivity contribution >= 4 is 21.8 Å². The van der Waals surface area contributed by atoms with Crippen LogP contribution in [0.25, 0.3) is 0 Å². The lowest BCUT2D eigenvalue weighted by Gasteiger charge is -2.15. The van der Waals surface area contributed by atoms with Gasteiger partial charge in [-0.15, -0.1) is 0 Å². The van der Waals surface area contributed by atoms with Gasteiger partial charge in [-0.2, -0.15) is 18.3 Å². The highest BCUT2D eigenvalue weighted by Gasteiger charge is 2.39. The van der Waals surface area contributed by atoms with Gasteiger partial charge in [0.25, 0.3) is 5.91 Å². The van der Waals surface area contributed by atoms with Crippen LogP contribution in [0.2, 0.25) is 0 Å². The third-order valence-electron chi connectivity index (χ3n) is 3.89. The van der Waals surface area contributed by atoms with Gasteiger partial charge in [0.05, 0.1) is 25.3 Å². The summed E-state index contributed by atoms with van der Waals surface area (Å²) in [6.07, 6.45) is -4.15. The second-order valence-corrected chi connectivity index (χ2v) is 6.39. The minimum atomic E-state index is -4.52. The van der Waals surface area contributed by atoms with Crippen LogP contribution >= 0.6 is 15.9 Å². The maximum atomic E-state index is 13.1. The van der Waals surface area contributed by atoms with Gasteiger partial charge in [0.2, 0.25) is 0 Å². The summed E-state index contributed by atoms with van der Waals surface area (Å²) in [6, 6.07) is 6.93. The van der Waals surface area contributed by atoms with E-state index in [0.717, 1.165) is 0 Å². The Labute approximate surface area is 150 Å². The highest BCUT2D eigenvalue weighted by molar-refractivity contribution is 9.10. The molecule has 1 amide bonds. The van der Waals surface area contributed by atoms with Crippen LogP contribution in [-0.4, -0.2) is 28.8 Å². The number of alkyl halides is 3. The molecule has 1 aliphatic rings. The van der Waals surface area contributed by atoms with Gasteiger partial charge in [-0.3, -0.25) is 9.48 Å². The molecule has 0 atom stereocenters. The van der Waals surface area contributed by atoms with Gasteiger partial charge in [0.15, 0.2) is 5.69 Å². The Morgan fingerprint density at radius 3 is 2.84 bits per heavy atom. The number of hydrogen-bond acceptors (Lipinski definition) is 3. The Bertz CT molecular complexity index is 789. The minimum absolute atomic E-state index is 0.0898. The lowest BCUT2D eigenvalue weighted by molar-refractivity contribution is -0.142. The third-order valence-corrected chi connectivity index (χ3v) is 4.58. The summed E-state index contributed by atoms with van der Waals surface area (Å²) >= 11 is 3.29. The first kappa shape index (κ1) is 17.9. The Morgan fingerprint density at radius 2 is 2.12 bits per heavy atom. The van der Waals surface area contributed by atoms with Crippen molar-refractivity contribution in [1.29, 1.82) is 0 Å². The second kappa shape index (κ2) is 7.17. The first-order chi connectivity index (χ1) is 11.9. The number of fused-ring (bicyclic) bond motifs is 1. The fourth-order valence-electron chi connectivity index (χ4n) is 2.74. The van der Waals surface area contributed by atoms with Crippen LogP contribution in [0.4, 0.5) is 13.2 Å². The fourth-order valence-corrected chi connectivity index (χ4v) is 3.20. The van der Waals surface area contributed by atoms with Gasteiger partial charge in [-0.05, 0) is 28.1 Å². The molecule has 0 spiro atoms. The maximum Gasteiger partial charge on any atom is 0.435 e. The summed E-state index contributed by atoms with van der Waals surface area (Å²) in [7, 11) is 0. The Hall–Kier alpha value is -1.87. The molecule has 3 rings (SSSR count). The van der Waals surface area contributed by atoms with Crippen molar-refractivity contribution in [2.24, 2.45) is 0 Å². The molecule has 134 valence electrons. The maximum absolute atomic E-state index is 13.1. The molecule has 9 heteroatoms. The van der Waals surface area contributed by atoms with Crippen LogP contribution in [0, 0.1) is 0 Å². The predicted octanol–water partition coefficient (Wildman–Crippen LogP) is 3.17. The average molecular weight is 418 g/mol. The Balaban J connectivity index is 1.71. The van der Waals surface area contributed by atoms with Crippen molar-refractivity contribution in [3.05, 3.63) is 51.3 Å². The van der Waals surface area contributed by atoms with Gasteiger partial charge >= 0.3 is 6.18 Å². The van der Waals surface area contributed by atoms with Gasteiger partial charge in [-0.1, -0.05) is 12.1 Å². The summed E-state index contributed by atoms with van der Waals surface area (Å²) < 4.78 is 46.4. The molecule has 5 nitrogen and oxygen atoms in total. The first-order valence-corrected chi connectivity index (χ1v) is 8.43. The van der Waals surface area contributed by atoms with Crippen molar-refractivity contribution in [1.82, 2.24) is 15.1 Å². The number of carbonyl (C=O) groups excluding carboxylic acids is 1. The molecule has 1 aromatic heterocycles. The van der Waals surface area contributed by atoms with Crippen molar-refractivity contribution < 1.29 is 22.7 Å². The van der Waals surface area contributed by atoms with Gasteiger partial charge in [-0.25, -0.2) is 0 Å². The topological polar surface area (TPSA) is 56.2 Å². The first-order valence-electron chi connectivity index (χ1n) is 7.64. The van der Waals surface area contributed by atoms with Crippen LogP contribution in [0.15, 0.2) is 28.7 Å². The summed E-state index contributed by atoms with van der Waals surface area (Å²) in [5.74, 6) is -0.298. The van der Waals surface area contributed by atoms with E-state index in [-0.39, 0.29) is 31.2 Å².